The molecule has 0 aromatic heterocycles. The molecule has 0 radical (unpaired) electrons. The molecule has 0 saturated heterocycles. The third-order valence-electron chi connectivity index (χ3n) is 4.62. The largest absolute Gasteiger partial charge is 1.00 e. The Morgan fingerprint density at radius 3 is 2.22 bits per heavy atom. The van der Waals surface area contributed by atoms with E-state index in [0.29, 0.717) is 0 Å². The van der Waals surface area contributed by atoms with E-state index in [1.807, 2.05) is 26.0 Å². The minimum Gasteiger partial charge on any atom is -1.00 e. The minimum atomic E-state index is 0. The molecular weight excluding hydrogens is 346 g/mol. The number of hydrogen-bond acceptors (Lipinski definition) is 2. The van der Waals surface area contributed by atoms with Gasteiger partial charge in [0.1, 0.15) is 5.75 Å². The van der Waals surface area contributed by atoms with Crippen LogP contribution in [-0.2, 0) is 0 Å². The molecule has 2 aromatic rings. The van der Waals surface area contributed by atoms with Gasteiger partial charge in [0.15, 0.2) is 5.52 Å². The number of carbonyl (C=O) groups excluding carboxylic acids is 1. The number of benzene rings is 2. The smallest absolute Gasteiger partial charge is 1.00 e. The third-order valence-corrected chi connectivity index (χ3v) is 5.92. The molecule has 1 atom stereocenters. The summed E-state index contributed by atoms with van der Waals surface area (Å²) in [5.41, 5.74) is 5.58. The van der Waals surface area contributed by atoms with E-state index in [4.69, 9.17) is 4.74 Å². The van der Waals surface area contributed by atoms with Crippen LogP contribution in [0.3, 0.4) is 0 Å². The van der Waals surface area contributed by atoms with Crippen LogP contribution in [0.2, 0.25) is 0 Å². The van der Waals surface area contributed by atoms with Gasteiger partial charge in [-0.05, 0) is 76.8 Å². The Hall–Kier alpha value is -1.06. The first-order chi connectivity index (χ1) is 12.4. The van der Waals surface area contributed by atoms with E-state index in [1.165, 1.54) is 24.8 Å². The molecule has 1 unspecified atom stereocenters. The molecule has 0 heterocycles. The average molecular weight is 378 g/mol. The van der Waals surface area contributed by atoms with Crippen LogP contribution in [0, 0.1) is 27.7 Å². The van der Waals surface area contributed by atoms with Crippen molar-refractivity contribution < 1.29 is 29.8 Å². The summed E-state index contributed by atoms with van der Waals surface area (Å²) < 4.78 is 5.85. The normalized spacial score (nSPS) is 10.9. The van der Waals surface area contributed by atoms with Crippen molar-refractivity contribution in [1.82, 2.24) is 0 Å². The average Bonchev–Trinajstić information content (AvgIpc) is 2.56. The van der Waals surface area contributed by atoms with Crippen LogP contribution < -0.4 is 28.9 Å². The maximum atomic E-state index is 12.9. The first-order valence-electron chi connectivity index (χ1n) is 9.55. The number of aryl methyl sites for hydroxylation is 4. The first-order valence-corrected chi connectivity index (χ1v) is 10.5. The van der Waals surface area contributed by atoms with Gasteiger partial charge in [0, 0.05) is 5.56 Å². The molecule has 2 rings (SSSR count). The van der Waals surface area contributed by atoms with Crippen LogP contribution in [0.5, 0.6) is 5.75 Å². The van der Waals surface area contributed by atoms with Crippen molar-refractivity contribution in [2.24, 2.45) is 0 Å². The zero-order valence-corrected chi connectivity index (χ0v) is 18.7. The van der Waals surface area contributed by atoms with Crippen molar-refractivity contribution in [3.8, 4) is 5.75 Å². The molecule has 0 fully saturated rings. The van der Waals surface area contributed by atoms with Crippen LogP contribution in [0.15, 0.2) is 30.3 Å². The third kappa shape index (κ3) is 7.12. The first kappa shape index (κ1) is 24.0. The summed E-state index contributed by atoms with van der Waals surface area (Å²) in [6.45, 7) is 11.2. The van der Waals surface area contributed by atoms with E-state index in [9.17, 15) is 4.79 Å². The Balaban J connectivity index is 0.00000364. The molecule has 4 heteroatoms. The number of ether oxygens (including phenoxy) is 1. The fourth-order valence-corrected chi connectivity index (χ4v) is 4.51. The van der Waals surface area contributed by atoms with E-state index in [-0.39, 0.29) is 34.4 Å². The van der Waals surface area contributed by atoms with Gasteiger partial charge in [-0.15, -0.1) is 0 Å². The van der Waals surface area contributed by atoms with E-state index in [1.54, 1.807) is 0 Å². The quantitative estimate of drug-likeness (QED) is 0.381. The molecule has 142 valence electrons. The molecule has 0 aliphatic heterocycles. The maximum absolute atomic E-state index is 12.9. The number of carbonyl (C=O) groups is 1. The summed E-state index contributed by atoms with van der Waals surface area (Å²) in [4.78, 5) is 12.9. The SMILES string of the molecule is CCCCCCOc1ccc(PC(=O)c2c(C)cc(C)cc2C)c(C)c1.[H-].[Li+]. The Morgan fingerprint density at radius 2 is 1.63 bits per heavy atom. The topological polar surface area (TPSA) is 26.3 Å². The van der Waals surface area contributed by atoms with Crippen LogP contribution >= 0.6 is 8.58 Å². The molecular formula is C23H32LiO2P. The second-order valence-corrected chi connectivity index (χ2v) is 8.36. The number of hydrogen-bond donors (Lipinski definition) is 0. The predicted molar refractivity (Wildman–Crippen MR) is 115 cm³/mol. The molecule has 0 amide bonds. The van der Waals surface area contributed by atoms with Gasteiger partial charge in [0.2, 0.25) is 0 Å². The van der Waals surface area contributed by atoms with E-state index < -0.39 is 0 Å². The van der Waals surface area contributed by atoms with Crippen molar-refractivity contribution in [3.05, 3.63) is 58.1 Å². The van der Waals surface area contributed by atoms with Gasteiger partial charge in [-0.3, -0.25) is 4.79 Å². The number of unbranched alkanes of at least 4 members (excludes halogenated alkanes) is 3. The second kappa shape index (κ2) is 11.7. The van der Waals surface area contributed by atoms with Gasteiger partial charge in [0.05, 0.1) is 6.61 Å². The van der Waals surface area contributed by atoms with Crippen LogP contribution in [0.25, 0.3) is 0 Å². The second-order valence-electron chi connectivity index (χ2n) is 7.11. The molecule has 0 spiro atoms. The zero-order valence-electron chi connectivity index (χ0n) is 18.7. The Kier molecular flexibility index (Phi) is 10.4. The summed E-state index contributed by atoms with van der Waals surface area (Å²) >= 11 is 0. The molecule has 27 heavy (non-hydrogen) atoms. The molecule has 2 nitrogen and oxygen atoms in total. The van der Waals surface area contributed by atoms with Gasteiger partial charge in [0.25, 0.3) is 0 Å². The summed E-state index contributed by atoms with van der Waals surface area (Å²) in [6, 6.07) is 10.3. The Labute approximate surface area is 179 Å². The summed E-state index contributed by atoms with van der Waals surface area (Å²) in [7, 11) is 0.148. The van der Waals surface area contributed by atoms with Gasteiger partial charge in [-0.25, -0.2) is 0 Å². The summed E-state index contributed by atoms with van der Waals surface area (Å²) in [5, 5.41) is 1.10. The predicted octanol–water partition coefficient (Wildman–Crippen LogP) is 3.14. The van der Waals surface area contributed by atoms with E-state index >= 15 is 0 Å². The van der Waals surface area contributed by atoms with Crippen LogP contribution in [0.1, 0.15) is 66.6 Å². The van der Waals surface area contributed by atoms with E-state index in [2.05, 4.69) is 39.0 Å². The van der Waals surface area contributed by atoms with Crippen molar-refractivity contribution in [3.63, 3.8) is 0 Å². The van der Waals surface area contributed by atoms with Gasteiger partial charge in [-0.2, -0.15) is 0 Å². The molecule has 0 aliphatic rings. The number of rotatable bonds is 9. The molecule has 0 aliphatic carbocycles. The van der Waals surface area contributed by atoms with E-state index in [0.717, 1.165) is 46.3 Å². The molecule has 0 bridgehead atoms. The van der Waals surface area contributed by atoms with Gasteiger partial charge < -0.3 is 6.16 Å². The molecule has 0 N–H and O–H groups in total. The maximum Gasteiger partial charge on any atom is 1.00 e. The van der Waals surface area contributed by atoms with Gasteiger partial charge in [-0.1, -0.05) is 49.9 Å². The van der Waals surface area contributed by atoms with Crippen molar-refractivity contribution in [1.29, 1.82) is 0 Å². The zero-order chi connectivity index (χ0) is 19.1. The monoisotopic (exact) mass is 378 g/mol. The van der Waals surface area contributed by atoms with Crippen molar-refractivity contribution >= 4 is 19.4 Å². The summed E-state index contributed by atoms with van der Waals surface area (Å²) in [5.74, 6) is 0.905. The standard InChI is InChI=1S/C23H31O2P.Li.H/c1-6-7-8-9-12-25-20-10-11-21(17(3)15-20)26-23(24)22-18(4)13-16(2)14-19(22)5;;/h10-11,13-15,26H,6-9,12H2,1-5H3;;/q;+1;-1. The van der Waals surface area contributed by atoms with Gasteiger partial charge >= 0.3 is 18.9 Å². The van der Waals surface area contributed by atoms with Crippen molar-refractivity contribution in [2.45, 2.75) is 60.3 Å². The van der Waals surface area contributed by atoms with Crippen LogP contribution in [0.4, 0.5) is 0 Å². The fraction of sp³-hybridized carbons (Fsp3) is 0.435. The van der Waals surface area contributed by atoms with Crippen molar-refractivity contribution in [2.75, 3.05) is 6.61 Å². The fourth-order valence-electron chi connectivity index (χ4n) is 3.31. The van der Waals surface area contributed by atoms with Crippen LogP contribution in [-0.4, -0.2) is 12.1 Å². The minimum absolute atomic E-state index is 0. The summed E-state index contributed by atoms with van der Waals surface area (Å²) in [6.07, 6.45) is 4.82. The molecule has 0 saturated carbocycles. The Bertz CT molecular complexity index is 754. The Morgan fingerprint density at radius 1 is 0.963 bits per heavy atom. The molecule has 2 aromatic carbocycles.